The molecule has 0 saturated carbocycles. The second kappa shape index (κ2) is 14.8. The van der Waals surface area contributed by atoms with E-state index in [1.807, 2.05) is 12.2 Å². The number of hydrogen-bond donors (Lipinski definition) is 3. The average Bonchev–Trinajstić information content (AvgIpc) is 3.07. The average molecular weight is 462 g/mol. The van der Waals surface area contributed by atoms with Crippen LogP contribution < -0.4 is 0 Å². The number of ketones is 1. The van der Waals surface area contributed by atoms with Crippen LogP contribution in [-0.2, 0) is 14.9 Å². The van der Waals surface area contributed by atoms with E-state index < -0.39 is 22.0 Å². The normalized spacial score (nSPS) is 20.3. The molecule has 3 N–H and O–H groups in total. The molecular formula is C22H41N2O6S+. The molecule has 31 heavy (non-hydrogen) atoms. The SMILES string of the molecule is CCCCCCCCCC/C=C/CC(=O)C1=NCC[N+]1(CCO)CC(O)CS(=O)(=O)O. The highest BCUT2D eigenvalue weighted by Crippen LogP contribution is 2.19. The van der Waals surface area contributed by atoms with Crippen molar-refractivity contribution in [2.45, 2.75) is 77.2 Å². The van der Waals surface area contributed by atoms with Gasteiger partial charge in [-0.25, -0.2) is 4.99 Å². The molecule has 0 amide bonds. The number of aliphatic imine (C=N–C) groups is 1. The quantitative estimate of drug-likeness (QED) is 0.125. The monoisotopic (exact) mass is 461 g/mol. The third kappa shape index (κ3) is 11.3. The number of carbonyl (C=O) groups is 1. The molecule has 0 aromatic rings. The molecule has 9 heteroatoms. The van der Waals surface area contributed by atoms with E-state index in [1.165, 1.54) is 44.9 Å². The predicted molar refractivity (Wildman–Crippen MR) is 123 cm³/mol. The fourth-order valence-electron chi connectivity index (χ4n) is 4.13. The molecule has 1 heterocycles. The predicted octanol–water partition coefficient (Wildman–Crippen LogP) is 2.50. The summed E-state index contributed by atoms with van der Waals surface area (Å²) in [6.07, 6.45) is 13.7. The summed E-state index contributed by atoms with van der Waals surface area (Å²) >= 11 is 0. The van der Waals surface area contributed by atoms with Gasteiger partial charge in [0.05, 0.1) is 13.2 Å². The third-order valence-corrected chi connectivity index (χ3v) is 6.48. The van der Waals surface area contributed by atoms with Gasteiger partial charge in [-0.2, -0.15) is 8.42 Å². The van der Waals surface area contributed by atoms with Crippen molar-refractivity contribution in [3.63, 3.8) is 0 Å². The zero-order chi connectivity index (χ0) is 23.2. The van der Waals surface area contributed by atoms with Gasteiger partial charge < -0.3 is 10.2 Å². The van der Waals surface area contributed by atoms with E-state index >= 15 is 0 Å². The van der Waals surface area contributed by atoms with Crippen molar-refractivity contribution in [2.24, 2.45) is 4.99 Å². The number of aliphatic hydroxyl groups excluding tert-OH is 2. The molecule has 0 aromatic carbocycles. The topological polar surface area (TPSA) is 124 Å². The van der Waals surface area contributed by atoms with Crippen molar-refractivity contribution in [2.75, 3.05) is 38.5 Å². The van der Waals surface area contributed by atoms with Crippen LogP contribution in [-0.4, -0.2) is 83.9 Å². The van der Waals surface area contributed by atoms with Crippen LogP contribution in [0.25, 0.3) is 0 Å². The number of carbonyl (C=O) groups excluding carboxylic acids is 1. The largest absolute Gasteiger partial charge is 0.390 e. The molecule has 1 rings (SSSR count). The Morgan fingerprint density at radius 3 is 2.39 bits per heavy atom. The van der Waals surface area contributed by atoms with Crippen LogP contribution in [0.2, 0.25) is 0 Å². The Hall–Kier alpha value is -1.13. The smallest absolute Gasteiger partial charge is 0.267 e. The van der Waals surface area contributed by atoms with Gasteiger partial charge in [0.1, 0.15) is 31.5 Å². The first-order valence-electron chi connectivity index (χ1n) is 11.6. The zero-order valence-electron chi connectivity index (χ0n) is 18.9. The summed E-state index contributed by atoms with van der Waals surface area (Å²) in [5, 5.41) is 19.6. The van der Waals surface area contributed by atoms with Crippen LogP contribution in [0.1, 0.15) is 71.1 Å². The van der Waals surface area contributed by atoms with Crippen LogP contribution in [0.5, 0.6) is 0 Å². The van der Waals surface area contributed by atoms with Gasteiger partial charge in [0, 0.05) is 6.42 Å². The number of quaternary nitrogens is 1. The summed E-state index contributed by atoms with van der Waals surface area (Å²) in [4.78, 5) is 17.0. The number of hydrogen-bond acceptors (Lipinski definition) is 6. The Kier molecular flexibility index (Phi) is 13.4. The highest BCUT2D eigenvalue weighted by Gasteiger charge is 2.43. The van der Waals surface area contributed by atoms with E-state index in [0.717, 1.165) is 12.8 Å². The molecule has 0 saturated heterocycles. The van der Waals surface area contributed by atoms with E-state index in [0.29, 0.717) is 13.1 Å². The van der Waals surface area contributed by atoms with Crippen molar-refractivity contribution in [1.82, 2.24) is 0 Å². The minimum absolute atomic E-state index is 0.0576. The number of allylic oxidation sites excluding steroid dienone is 2. The number of unbranched alkanes of at least 4 members (excludes halogenated alkanes) is 8. The molecule has 0 spiro atoms. The van der Waals surface area contributed by atoms with Gasteiger partial charge in [0.15, 0.2) is 0 Å². The number of aliphatic hydroxyl groups is 2. The maximum atomic E-state index is 12.7. The maximum absolute atomic E-state index is 12.7. The Morgan fingerprint density at radius 1 is 1.13 bits per heavy atom. The first kappa shape index (κ1) is 27.9. The minimum atomic E-state index is -4.34. The molecule has 2 unspecified atom stereocenters. The highest BCUT2D eigenvalue weighted by atomic mass is 32.2. The number of nitrogens with zero attached hydrogens (tertiary/aromatic N) is 2. The van der Waals surface area contributed by atoms with E-state index in [1.54, 1.807) is 0 Å². The van der Waals surface area contributed by atoms with Gasteiger partial charge in [0.2, 0.25) is 5.78 Å². The van der Waals surface area contributed by atoms with Gasteiger partial charge in [-0.15, -0.1) is 0 Å². The molecule has 8 nitrogen and oxygen atoms in total. The second-order valence-electron chi connectivity index (χ2n) is 8.47. The first-order valence-corrected chi connectivity index (χ1v) is 13.2. The number of rotatable bonds is 18. The lowest BCUT2D eigenvalue weighted by atomic mass is 10.1. The lowest BCUT2D eigenvalue weighted by molar-refractivity contribution is -0.837. The van der Waals surface area contributed by atoms with E-state index in [9.17, 15) is 23.4 Å². The van der Waals surface area contributed by atoms with Crippen LogP contribution in [0.4, 0.5) is 0 Å². The Labute approximate surface area is 187 Å². The standard InChI is InChI=1S/C22H40N2O6S/c1-2-3-4-5-6-7-8-9-10-11-12-13-21(27)22-23-14-15-24(22,16-17-25)18-20(26)19-31(28,29)30/h11-12,20,25-26H,2-10,13-19H2,1H3/p+1/b12-11+. The van der Waals surface area contributed by atoms with Crippen molar-refractivity contribution < 1.29 is 32.5 Å². The summed E-state index contributed by atoms with van der Waals surface area (Å²) in [5.41, 5.74) is 0. The van der Waals surface area contributed by atoms with Crippen LogP contribution in [0.3, 0.4) is 0 Å². The lowest BCUT2D eigenvalue weighted by Gasteiger charge is -2.34. The van der Waals surface area contributed by atoms with Crippen LogP contribution in [0.15, 0.2) is 17.1 Å². The van der Waals surface area contributed by atoms with Crippen molar-refractivity contribution in [3.8, 4) is 0 Å². The van der Waals surface area contributed by atoms with Gasteiger partial charge in [-0.1, -0.05) is 64.0 Å². The molecule has 180 valence electrons. The summed E-state index contributed by atoms with van der Waals surface area (Å²) in [6.45, 7) is 2.85. The van der Waals surface area contributed by atoms with Crippen LogP contribution in [0, 0.1) is 0 Å². The fourth-order valence-corrected chi connectivity index (χ4v) is 4.72. The minimum Gasteiger partial charge on any atom is -0.390 e. The Bertz CT molecular complexity index is 692. The van der Waals surface area contributed by atoms with Gasteiger partial charge in [0.25, 0.3) is 16.0 Å². The summed E-state index contributed by atoms with van der Waals surface area (Å²) in [6, 6.07) is 0. The van der Waals surface area contributed by atoms with Crippen LogP contribution >= 0.6 is 0 Å². The maximum Gasteiger partial charge on any atom is 0.267 e. The molecule has 0 fully saturated rings. The lowest BCUT2D eigenvalue weighted by Crippen LogP contribution is -2.59. The molecule has 0 aliphatic carbocycles. The molecule has 2 atom stereocenters. The fraction of sp³-hybridized carbons (Fsp3) is 0.818. The van der Waals surface area contributed by atoms with Crippen molar-refractivity contribution in [1.29, 1.82) is 0 Å². The summed E-state index contributed by atoms with van der Waals surface area (Å²) < 4.78 is 31.0. The summed E-state index contributed by atoms with van der Waals surface area (Å²) in [5.74, 6) is -0.726. The Morgan fingerprint density at radius 2 is 1.77 bits per heavy atom. The van der Waals surface area contributed by atoms with Gasteiger partial charge >= 0.3 is 0 Å². The first-order chi connectivity index (χ1) is 14.7. The van der Waals surface area contributed by atoms with E-state index in [4.69, 9.17) is 4.55 Å². The van der Waals surface area contributed by atoms with Gasteiger partial charge in [-0.05, 0) is 12.8 Å². The molecule has 0 radical (unpaired) electrons. The molecular weight excluding hydrogens is 420 g/mol. The second-order valence-corrected chi connectivity index (χ2v) is 9.97. The molecule has 1 aliphatic heterocycles. The van der Waals surface area contributed by atoms with E-state index in [-0.39, 0.29) is 42.2 Å². The Balaban J connectivity index is 2.46. The van der Waals surface area contributed by atoms with Crippen molar-refractivity contribution in [3.05, 3.63) is 12.2 Å². The highest BCUT2D eigenvalue weighted by molar-refractivity contribution is 7.85. The van der Waals surface area contributed by atoms with E-state index in [2.05, 4.69) is 11.9 Å². The molecule has 0 aromatic heterocycles. The summed E-state index contributed by atoms with van der Waals surface area (Å²) in [7, 11) is -4.34. The van der Waals surface area contributed by atoms with Crippen molar-refractivity contribution >= 4 is 21.7 Å². The van der Waals surface area contributed by atoms with Gasteiger partial charge in [-0.3, -0.25) is 13.8 Å². The molecule has 0 bridgehead atoms. The molecule has 1 aliphatic rings. The number of amidine groups is 1. The zero-order valence-corrected chi connectivity index (χ0v) is 19.7. The third-order valence-electron chi connectivity index (χ3n) is 5.67. The number of Topliss-reactive ketones (excluding diaryl/α,β-unsaturated/α-hetero) is 1.